The van der Waals surface area contributed by atoms with Crippen molar-refractivity contribution in [1.29, 1.82) is 0 Å². The number of ether oxygens (including phenoxy) is 3. The Kier molecular flexibility index (Phi) is 7.26. The SMILES string of the molecule is CCCCC(C)=Nn1c(-c2cc(OC)c(OC)c(OC)c2)csc1=NC. The number of rotatable bonds is 8. The van der Waals surface area contributed by atoms with Gasteiger partial charge in [-0.3, -0.25) is 4.99 Å². The summed E-state index contributed by atoms with van der Waals surface area (Å²) in [4.78, 5) is 5.19. The third kappa shape index (κ3) is 4.27. The van der Waals surface area contributed by atoms with Crippen molar-refractivity contribution in [2.45, 2.75) is 33.1 Å². The van der Waals surface area contributed by atoms with Gasteiger partial charge >= 0.3 is 0 Å². The van der Waals surface area contributed by atoms with Crippen LogP contribution in [0.15, 0.2) is 27.6 Å². The minimum Gasteiger partial charge on any atom is -0.493 e. The molecule has 26 heavy (non-hydrogen) atoms. The van der Waals surface area contributed by atoms with E-state index >= 15 is 0 Å². The second-order valence-electron chi connectivity index (χ2n) is 5.79. The Hall–Kier alpha value is -2.28. The number of aromatic nitrogens is 1. The van der Waals surface area contributed by atoms with Gasteiger partial charge in [0.05, 0.1) is 27.0 Å². The maximum absolute atomic E-state index is 5.48. The molecule has 0 aliphatic rings. The third-order valence-electron chi connectivity index (χ3n) is 4.00. The highest BCUT2D eigenvalue weighted by atomic mass is 32.1. The van der Waals surface area contributed by atoms with E-state index < -0.39 is 0 Å². The number of hydrogen-bond donors (Lipinski definition) is 0. The molecule has 0 amide bonds. The van der Waals surface area contributed by atoms with Crippen molar-refractivity contribution in [3.8, 4) is 28.5 Å². The summed E-state index contributed by atoms with van der Waals surface area (Å²) in [6.45, 7) is 4.23. The molecule has 0 fully saturated rings. The van der Waals surface area contributed by atoms with E-state index in [0.717, 1.165) is 41.0 Å². The molecule has 1 heterocycles. The number of methoxy groups -OCH3 is 3. The Morgan fingerprint density at radius 1 is 1.12 bits per heavy atom. The zero-order chi connectivity index (χ0) is 19.1. The van der Waals surface area contributed by atoms with Crippen LogP contribution in [0.1, 0.15) is 33.1 Å². The molecular weight excluding hydrogens is 350 g/mol. The Bertz CT molecular complexity index is 812. The fourth-order valence-corrected chi connectivity index (χ4v) is 3.43. The van der Waals surface area contributed by atoms with Crippen LogP contribution < -0.4 is 19.0 Å². The first kappa shape index (κ1) is 20.0. The smallest absolute Gasteiger partial charge is 0.205 e. The number of thiazole rings is 1. The van der Waals surface area contributed by atoms with Gasteiger partial charge in [0.2, 0.25) is 10.6 Å². The van der Waals surface area contributed by atoms with Crippen molar-refractivity contribution in [2.24, 2.45) is 10.1 Å². The largest absolute Gasteiger partial charge is 0.493 e. The molecule has 142 valence electrons. The summed E-state index contributed by atoms with van der Waals surface area (Å²) in [6, 6.07) is 3.85. The molecule has 2 rings (SSSR count). The van der Waals surface area contributed by atoms with E-state index in [-0.39, 0.29) is 0 Å². The molecule has 0 N–H and O–H groups in total. The third-order valence-corrected chi connectivity index (χ3v) is 4.91. The van der Waals surface area contributed by atoms with E-state index in [1.807, 2.05) is 22.2 Å². The van der Waals surface area contributed by atoms with Crippen LogP contribution in [-0.4, -0.2) is 38.8 Å². The zero-order valence-electron chi connectivity index (χ0n) is 16.3. The Morgan fingerprint density at radius 3 is 2.27 bits per heavy atom. The molecule has 0 spiro atoms. The zero-order valence-corrected chi connectivity index (χ0v) is 17.1. The van der Waals surface area contributed by atoms with Gasteiger partial charge in [0.25, 0.3) is 0 Å². The molecule has 2 aromatic rings. The highest BCUT2D eigenvalue weighted by molar-refractivity contribution is 7.07. The van der Waals surface area contributed by atoms with Crippen molar-refractivity contribution in [3.05, 3.63) is 22.3 Å². The van der Waals surface area contributed by atoms with E-state index in [1.54, 1.807) is 39.7 Å². The topological polar surface area (TPSA) is 57.3 Å². The molecule has 0 radical (unpaired) electrons. The number of benzene rings is 1. The average molecular weight is 378 g/mol. The van der Waals surface area contributed by atoms with Gasteiger partial charge in [-0.15, -0.1) is 11.3 Å². The second kappa shape index (κ2) is 9.43. The van der Waals surface area contributed by atoms with Crippen LogP contribution in [0.2, 0.25) is 0 Å². The molecule has 0 aliphatic heterocycles. The Morgan fingerprint density at radius 2 is 1.77 bits per heavy atom. The van der Waals surface area contributed by atoms with Crippen molar-refractivity contribution >= 4 is 17.0 Å². The molecule has 0 saturated heterocycles. The highest BCUT2D eigenvalue weighted by Gasteiger charge is 2.17. The highest BCUT2D eigenvalue weighted by Crippen LogP contribution is 2.41. The quantitative estimate of drug-likeness (QED) is 0.648. The minimum absolute atomic E-state index is 0.573. The molecular formula is C19H27N3O3S. The maximum atomic E-state index is 5.48. The van der Waals surface area contributed by atoms with Crippen LogP contribution in [-0.2, 0) is 0 Å². The van der Waals surface area contributed by atoms with Crippen LogP contribution >= 0.6 is 11.3 Å². The Balaban J connectivity index is 2.61. The number of nitrogens with zero attached hydrogens (tertiary/aromatic N) is 3. The van der Waals surface area contributed by atoms with E-state index in [0.29, 0.717) is 17.2 Å². The lowest BCUT2D eigenvalue weighted by Crippen LogP contribution is -2.13. The van der Waals surface area contributed by atoms with Crippen LogP contribution in [0.4, 0.5) is 0 Å². The fourth-order valence-electron chi connectivity index (χ4n) is 2.63. The van der Waals surface area contributed by atoms with E-state index in [4.69, 9.17) is 19.3 Å². The first-order valence-electron chi connectivity index (χ1n) is 8.57. The van der Waals surface area contributed by atoms with E-state index in [2.05, 4.69) is 18.8 Å². The van der Waals surface area contributed by atoms with Crippen molar-refractivity contribution in [2.75, 3.05) is 28.4 Å². The maximum Gasteiger partial charge on any atom is 0.205 e. The standard InChI is InChI=1S/C19H27N3O3S/c1-7-8-9-13(2)21-22-15(12-26-19(22)20-3)14-10-16(23-4)18(25-6)17(11-14)24-5/h10-12H,7-9H2,1-6H3. The molecule has 0 atom stereocenters. The summed E-state index contributed by atoms with van der Waals surface area (Å²) in [5, 5.41) is 6.84. The summed E-state index contributed by atoms with van der Waals surface area (Å²) in [5.41, 5.74) is 2.94. The van der Waals surface area contributed by atoms with Crippen LogP contribution in [0, 0.1) is 0 Å². The van der Waals surface area contributed by atoms with Crippen LogP contribution in [0.3, 0.4) is 0 Å². The Labute approximate surface area is 158 Å². The molecule has 0 unspecified atom stereocenters. The van der Waals surface area contributed by atoms with Gasteiger partial charge in [0.1, 0.15) is 0 Å². The van der Waals surface area contributed by atoms with Crippen molar-refractivity contribution < 1.29 is 14.2 Å². The average Bonchev–Trinajstić information content (AvgIpc) is 3.07. The molecule has 6 nitrogen and oxygen atoms in total. The normalized spacial score (nSPS) is 12.4. The van der Waals surface area contributed by atoms with Gasteiger partial charge in [0.15, 0.2) is 11.5 Å². The first-order valence-corrected chi connectivity index (χ1v) is 9.45. The number of hydrogen-bond acceptors (Lipinski definition) is 6. The minimum atomic E-state index is 0.573. The predicted molar refractivity (Wildman–Crippen MR) is 107 cm³/mol. The van der Waals surface area contributed by atoms with E-state index in [1.165, 1.54) is 0 Å². The second-order valence-corrected chi connectivity index (χ2v) is 6.63. The number of unbranched alkanes of at least 4 members (excludes halogenated alkanes) is 1. The lowest BCUT2D eigenvalue weighted by molar-refractivity contribution is 0.324. The van der Waals surface area contributed by atoms with Gasteiger partial charge in [-0.2, -0.15) is 5.10 Å². The summed E-state index contributed by atoms with van der Waals surface area (Å²) in [6.07, 6.45) is 3.24. The van der Waals surface area contributed by atoms with Crippen molar-refractivity contribution in [3.63, 3.8) is 0 Å². The van der Waals surface area contributed by atoms with Gasteiger partial charge in [-0.05, 0) is 31.9 Å². The van der Waals surface area contributed by atoms with Gasteiger partial charge in [-0.25, -0.2) is 4.68 Å². The molecule has 1 aromatic heterocycles. The summed E-state index contributed by atoms with van der Waals surface area (Å²) >= 11 is 1.55. The van der Waals surface area contributed by atoms with Crippen LogP contribution in [0.25, 0.3) is 11.3 Å². The molecule has 0 saturated carbocycles. The summed E-state index contributed by atoms with van der Waals surface area (Å²) in [7, 11) is 6.60. The van der Waals surface area contributed by atoms with Gasteiger partial charge in [-0.1, -0.05) is 13.3 Å². The summed E-state index contributed by atoms with van der Waals surface area (Å²) < 4.78 is 18.3. The monoisotopic (exact) mass is 377 g/mol. The lowest BCUT2D eigenvalue weighted by Gasteiger charge is -2.14. The summed E-state index contributed by atoms with van der Waals surface area (Å²) in [5.74, 6) is 1.80. The van der Waals surface area contributed by atoms with Gasteiger partial charge in [0, 0.05) is 23.7 Å². The first-order chi connectivity index (χ1) is 12.6. The lowest BCUT2D eigenvalue weighted by atomic mass is 10.1. The molecule has 0 bridgehead atoms. The van der Waals surface area contributed by atoms with Crippen LogP contribution in [0.5, 0.6) is 17.2 Å². The molecule has 0 aliphatic carbocycles. The van der Waals surface area contributed by atoms with E-state index in [9.17, 15) is 0 Å². The predicted octanol–water partition coefficient (Wildman–Crippen LogP) is 4.19. The molecule has 7 heteroatoms. The van der Waals surface area contributed by atoms with Crippen molar-refractivity contribution in [1.82, 2.24) is 4.68 Å². The fraction of sp³-hybridized carbons (Fsp3) is 0.474. The van der Waals surface area contributed by atoms with Gasteiger partial charge < -0.3 is 14.2 Å². The molecule has 1 aromatic carbocycles.